The molecule has 0 rings (SSSR count). The molecule has 0 unspecified atom stereocenters. The molecule has 3 heteroatoms. The van der Waals surface area contributed by atoms with Crippen LogP contribution in [0.4, 0.5) is 0 Å². The first-order valence-electron chi connectivity index (χ1n) is 5.17. The molecule has 0 N–H and O–H groups in total. The Labute approximate surface area is 92.3 Å². The normalized spacial score (nSPS) is 10.1. The average Bonchev–Trinajstić information content (AvgIpc) is 2.16. The molecular formula is C10H21NS2. The van der Waals surface area contributed by atoms with Crippen molar-refractivity contribution in [3.05, 3.63) is 0 Å². The molecule has 0 atom stereocenters. The van der Waals surface area contributed by atoms with Crippen molar-refractivity contribution in [2.75, 3.05) is 18.8 Å². The molecule has 13 heavy (non-hydrogen) atoms. The average molecular weight is 219 g/mol. The number of thiocarbonyl (C=S) groups is 1. The molecule has 0 aromatic rings. The van der Waals surface area contributed by atoms with E-state index in [1.165, 1.54) is 19.3 Å². The van der Waals surface area contributed by atoms with Gasteiger partial charge in [-0.3, -0.25) is 0 Å². The van der Waals surface area contributed by atoms with Crippen molar-refractivity contribution in [2.24, 2.45) is 0 Å². The third-order valence-electron chi connectivity index (χ3n) is 1.85. The van der Waals surface area contributed by atoms with Crippen LogP contribution >= 0.6 is 24.0 Å². The Bertz CT molecular complexity index is 137. The van der Waals surface area contributed by atoms with Gasteiger partial charge < -0.3 is 4.90 Å². The van der Waals surface area contributed by atoms with E-state index in [9.17, 15) is 0 Å². The van der Waals surface area contributed by atoms with Gasteiger partial charge in [0.25, 0.3) is 0 Å². The first-order valence-corrected chi connectivity index (χ1v) is 6.57. The van der Waals surface area contributed by atoms with Crippen LogP contribution in [0.25, 0.3) is 0 Å². The van der Waals surface area contributed by atoms with Crippen molar-refractivity contribution >= 4 is 28.3 Å². The van der Waals surface area contributed by atoms with Gasteiger partial charge in [-0.05, 0) is 25.5 Å². The molecule has 0 saturated heterocycles. The number of rotatable bonds is 6. The Morgan fingerprint density at radius 1 is 1.23 bits per heavy atom. The van der Waals surface area contributed by atoms with E-state index in [0.717, 1.165) is 23.2 Å². The predicted octanol–water partition coefficient (Wildman–Crippen LogP) is 3.54. The molecule has 0 radical (unpaired) electrons. The summed E-state index contributed by atoms with van der Waals surface area (Å²) in [6.45, 7) is 8.76. The van der Waals surface area contributed by atoms with Gasteiger partial charge in [-0.15, -0.1) is 0 Å². The van der Waals surface area contributed by atoms with E-state index >= 15 is 0 Å². The van der Waals surface area contributed by atoms with Crippen molar-refractivity contribution in [3.63, 3.8) is 0 Å². The van der Waals surface area contributed by atoms with Gasteiger partial charge in [0.2, 0.25) is 0 Å². The highest BCUT2D eigenvalue weighted by atomic mass is 32.2. The molecule has 0 bridgehead atoms. The molecule has 0 aliphatic carbocycles. The summed E-state index contributed by atoms with van der Waals surface area (Å²) in [4.78, 5) is 2.30. The van der Waals surface area contributed by atoms with Gasteiger partial charge in [0, 0.05) is 13.1 Å². The fourth-order valence-corrected chi connectivity index (χ4v) is 2.26. The zero-order valence-electron chi connectivity index (χ0n) is 9.01. The van der Waals surface area contributed by atoms with E-state index in [2.05, 4.69) is 25.7 Å². The number of nitrogens with zero attached hydrogens (tertiary/aromatic N) is 1. The molecule has 0 aromatic heterocycles. The summed E-state index contributed by atoms with van der Waals surface area (Å²) in [5.41, 5.74) is 0. The van der Waals surface area contributed by atoms with Crippen molar-refractivity contribution in [2.45, 2.75) is 40.0 Å². The van der Waals surface area contributed by atoms with E-state index in [1.807, 2.05) is 11.8 Å². The lowest BCUT2D eigenvalue weighted by atomic mass is 10.3. The van der Waals surface area contributed by atoms with E-state index in [4.69, 9.17) is 12.2 Å². The molecular weight excluding hydrogens is 198 g/mol. The highest BCUT2D eigenvalue weighted by Crippen LogP contribution is 2.11. The van der Waals surface area contributed by atoms with Gasteiger partial charge >= 0.3 is 0 Å². The number of hydrogen-bond acceptors (Lipinski definition) is 2. The minimum absolute atomic E-state index is 1.05. The van der Waals surface area contributed by atoms with Crippen LogP contribution in [0.3, 0.4) is 0 Å². The fraction of sp³-hybridized carbons (Fsp3) is 0.900. The molecule has 1 nitrogen and oxygen atoms in total. The standard InChI is InChI=1S/C10H21NS2/c1-4-7-8-11(6-3)10(12)13-9-5-2/h4-9H2,1-3H3. The predicted molar refractivity (Wildman–Crippen MR) is 67.5 cm³/mol. The number of thioether (sulfide) groups is 1. The summed E-state index contributed by atoms with van der Waals surface area (Å²) in [6, 6.07) is 0. The lowest BCUT2D eigenvalue weighted by molar-refractivity contribution is 0.442. The summed E-state index contributed by atoms with van der Waals surface area (Å²) in [6.07, 6.45) is 3.70. The summed E-state index contributed by atoms with van der Waals surface area (Å²) in [5.74, 6) is 1.15. The van der Waals surface area contributed by atoms with E-state index in [1.54, 1.807) is 0 Å². The highest BCUT2D eigenvalue weighted by Gasteiger charge is 2.05. The van der Waals surface area contributed by atoms with E-state index in [-0.39, 0.29) is 0 Å². The summed E-state index contributed by atoms with van der Waals surface area (Å²) in [7, 11) is 0. The third kappa shape index (κ3) is 6.33. The second-order valence-corrected chi connectivity index (χ2v) is 4.78. The summed E-state index contributed by atoms with van der Waals surface area (Å²) < 4.78 is 1.08. The van der Waals surface area contributed by atoms with E-state index < -0.39 is 0 Å². The zero-order valence-corrected chi connectivity index (χ0v) is 10.6. The molecule has 78 valence electrons. The smallest absolute Gasteiger partial charge is 0.136 e. The van der Waals surface area contributed by atoms with Crippen molar-refractivity contribution in [3.8, 4) is 0 Å². The Morgan fingerprint density at radius 3 is 2.38 bits per heavy atom. The summed E-state index contributed by atoms with van der Waals surface area (Å²) >= 11 is 7.16. The minimum atomic E-state index is 1.05. The van der Waals surface area contributed by atoms with Crippen LogP contribution in [-0.2, 0) is 0 Å². The topological polar surface area (TPSA) is 3.24 Å². The molecule has 0 heterocycles. The van der Waals surface area contributed by atoms with Crippen LogP contribution in [0.2, 0.25) is 0 Å². The SMILES string of the molecule is CCCCN(CC)C(=S)SCCC. The lowest BCUT2D eigenvalue weighted by Gasteiger charge is -2.22. The van der Waals surface area contributed by atoms with Gasteiger partial charge in [-0.1, -0.05) is 44.2 Å². The van der Waals surface area contributed by atoms with Gasteiger partial charge in [-0.2, -0.15) is 0 Å². The quantitative estimate of drug-likeness (QED) is 0.629. The zero-order chi connectivity index (χ0) is 10.1. The molecule has 0 fully saturated rings. The van der Waals surface area contributed by atoms with Crippen LogP contribution in [0.1, 0.15) is 40.0 Å². The van der Waals surface area contributed by atoms with Crippen molar-refractivity contribution in [1.82, 2.24) is 4.90 Å². The Balaban J connectivity index is 3.71. The maximum Gasteiger partial charge on any atom is 0.136 e. The van der Waals surface area contributed by atoms with Crippen molar-refractivity contribution < 1.29 is 0 Å². The van der Waals surface area contributed by atoms with Crippen LogP contribution < -0.4 is 0 Å². The van der Waals surface area contributed by atoms with Crippen LogP contribution in [-0.4, -0.2) is 28.1 Å². The van der Waals surface area contributed by atoms with Gasteiger partial charge in [0.15, 0.2) is 0 Å². The molecule has 0 saturated carbocycles. The Morgan fingerprint density at radius 2 is 1.92 bits per heavy atom. The first kappa shape index (κ1) is 13.2. The van der Waals surface area contributed by atoms with Gasteiger partial charge in [-0.25, -0.2) is 0 Å². The Kier molecular flexibility index (Phi) is 8.98. The monoisotopic (exact) mass is 219 g/mol. The second-order valence-electron chi connectivity index (χ2n) is 3.05. The number of unbranched alkanes of at least 4 members (excludes halogenated alkanes) is 1. The molecule has 0 spiro atoms. The Hall–Kier alpha value is 0.240. The minimum Gasteiger partial charge on any atom is -0.358 e. The van der Waals surface area contributed by atoms with Crippen LogP contribution in [0.5, 0.6) is 0 Å². The van der Waals surface area contributed by atoms with Gasteiger partial charge in [0.1, 0.15) is 4.32 Å². The van der Waals surface area contributed by atoms with Crippen molar-refractivity contribution in [1.29, 1.82) is 0 Å². The molecule has 0 aliphatic heterocycles. The second kappa shape index (κ2) is 8.82. The van der Waals surface area contributed by atoms with Gasteiger partial charge in [0.05, 0.1) is 0 Å². The van der Waals surface area contributed by atoms with Crippen LogP contribution in [0.15, 0.2) is 0 Å². The summed E-state index contributed by atoms with van der Waals surface area (Å²) in [5, 5.41) is 0. The molecule has 0 aliphatic rings. The largest absolute Gasteiger partial charge is 0.358 e. The third-order valence-corrected chi connectivity index (χ3v) is 3.58. The van der Waals surface area contributed by atoms with Crippen LogP contribution in [0, 0.1) is 0 Å². The highest BCUT2D eigenvalue weighted by molar-refractivity contribution is 8.22. The van der Waals surface area contributed by atoms with E-state index in [0.29, 0.717) is 0 Å². The molecule has 0 amide bonds. The molecule has 0 aromatic carbocycles. The maximum atomic E-state index is 5.34. The number of hydrogen-bond donors (Lipinski definition) is 0. The lowest BCUT2D eigenvalue weighted by Crippen LogP contribution is -2.28. The maximum absolute atomic E-state index is 5.34. The fourth-order valence-electron chi connectivity index (χ4n) is 1.01. The first-order chi connectivity index (χ1) is 6.26.